The first-order chi connectivity index (χ1) is 5.36. The van der Waals surface area contributed by atoms with E-state index in [1.807, 2.05) is 18.2 Å². The van der Waals surface area contributed by atoms with Gasteiger partial charge in [-0.3, -0.25) is 0 Å². The van der Waals surface area contributed by atoms with E-state index in [4.69, 9.17) is 0 Å². The van der Waals surface area contributed by atoms with Gasteiger partial charge < -0.3 is 0 Å². The molecule has 1 heterocycles. The van der Waals surface area contributed by atoms with E-state index in [-0.39, 0.29) is 0 Å². The second-order valence-electron chi connectivity index (χ2n) is 1.98. The van der Waals surface area contributed by atoms with Crippen LogP contribution in [0.25, 0.3) is 0 Å². The molecule has 0 saturated heterocycles. The number of aryl methyl sites for hydroxylation is 1. The normalized spacial score (nSPS) is 10.0. The molecule has 0 radical (unpaired) electrons. The van der Waals surface area contributed by atoms with Crippen molar-refractivity contribution in [2.24, 2.45) is 0 Å². The molecule has 0 bridgehead atoms. The molecule has 0 spiro atoms. The van der Waals surface area contributed by atoms with Gasteiger partial charge in [0.2, 0.25) is 0 Å². The number of aromatic nitrogens is 1. The van der Waals surface area contributed by atoms with Gasteiger partial charge in [-0.25, -0.2) is 4.98 Å². The zero-order chi connectivity index (χ0) is 8.10. The van der Waals surface area contributed by atoms with Crippen LogP contribution in [-0.4, -0.2) is 4.98 Å². The number of thiol groups is 1. The Hall–Kier alpha value is 0.200. The highest BCUT2D eigenvalue weighted by Gasteiger charge is 1.94. The van der Waals surface area contributed by atoms with Gasteiger partial charge in [0.25, 0.3) is 0 Å². The van der Waals surface area contributed by atoms with Crippen molar-refractivity contribution in [1.82, 2.24) is 4.98 Å². The fourth-order valence-electron chi connectivity index (χ4n) is 0.739. The summed E-state index contributed by atoms with van der Waals surface area (Å²) in [5, 5.41) is 1.03. The average Bonchev–Trinajstić information content (AvgIpc) is 2.06. The molecule has 60 valence electrons. The Morgan fingerprint density at radius 2 is 2.36 bits per heavy atom. The molecule has 1 aromatic rings. The lowest BCUT2D eigenvalue weighted by Crippen LogP contribution is -1.85. The van der Waals surface area contributed by atoms with Crippen LogP contribution in [0.4, 0.5) is 0 Å². The molecule has 0 aromatic carbocycles. The van der Waals surface area contributed by atoms with Crippen LogP contribution in [0.2, 0.25) is 0 Å². The van der Waals surface area contributed by atoms with Gasteiger partial charge in [-0.1, -0.05) is 24.7 Å². The number of hydrogen-bond donors (Lipinski definition) is 1. The van der Waals surface area contributed by atoms with Gasteiger partial charge in [-0.05, 0) is 39.2 Å². The molecule has 0 atom stereocenters. The van der Waals surface area contributed by atoms with Crippen LogP contribution in [0.5, 0.6) is 0 Å². The lowest BCUT2D eigenvalue weighted by atomic mass is 10.3. The third kappa shape index (κ3) is 2.97. The van der Waals surface area contributed by atoms with Crippen molar-refractivity contribution in [3.8, 4) is 0 Å². The Morgan fingerprint density at radius 1 is 1.55 bits per heavy atom. The van der Waals surface area contributed by atoms with Crippen molar-refractivity contribution in [3.63, 3.8) is 0 Å². The van der Waals surface area contributed by atoms with Crippen molar-refractivity contribution < 1.29 is 0 Å². The number of nitrogens with zero attached hydrogens (tertiary/aromatic N) is 1. The van der Waals surface area contributed by atoms with E-state index in [0.717, 1.165) is 17.1 Å². The first-order valence-electron chi connectivity index (χ1n) is 3.31. The zero-order valence-electron chi connectivity index (χ0n) is 6.15. The Kier molecular flexibility index (Phi) is 4.18. The minimum absolute atomic E-state index is 0.992. The molecule has 11 heavy (non-hydrogen) atoms. The van der Waals surface area contributed by atoms with Crippen LogP contribution in [0, 0.1) is 0 Å². The van der Waals surface area contributed by atoms with Crippen molar-refractivity contribution in [2.75, 3.05) is 0 Å². The molecule has 1 rings (SSSR count). The number of pyridine rings is 1. The summed E-state index contributed by atoms with van der Waals surface area (Å²) in [6.45, 7) is 2.10. The summed E-state index contributed by atoms with van der Waals surface area (Å²) in [4.78, 5) is 4.37. The molecule has 0 fully saturated rings. The summed E-state index contributed by atoms with van der Waals surface area (Å²) in [5.74, 6) is 0. The highest BCUT2D eigenvalue weighted by atomic mass is 33.5. The van der Waals surface area contributed by atoms with Crippen LogP contribution in [-0.2, 0) is 6.42 Å². The molecular formula is C7H9NS3. The molecule has 0 N–H and O–H groups in total. The van der Waals surface area contributed by atoms with Crippen molar-refractivity contribution in [2.45, 2.75) is 18.4 Å². The minimum Gasteiger partial charge on any atom is -0.246 e. The van der Waals surface area contributed by atoms with E-state index >= 15 is 0 Å². The van der Waals surface area contributed by atoms with Crippen molar-refractivity contribution in [1.29, 1.82) is 0 Å². The van der Waals surface area contributed by atoms with Gasteiger partial charge >= 0.3 is 0 Å². The van der Waals surface area contributed by atoms with Gasteiger partial charge in [-0.2, -0.15) is 0 Å². The lowest BCUT2D eigenvalue weighted by Gasteiger charge is -1.98. The summed E-state index contributed by atoms with van der Waals surface area (Å²) >= 11 is 4.04. The van der Waals surface area contributed by atoms with Crippen LogP contribution >= 0.6 is 32.3 Å². The predicted molar refractivity (Wildman–Crippen MR) is 56.0 cm³/mol. The maximum Gasteiger partial charge on any atom is 0.108 e. The minimum atomic E-state index is 0.992. The van der Waals surface area contributed by atoms with E-state index in [1.54, 1.807) is 10.8 Å². The maximum atomic E-state index is 4.37. The van der Waals surface area contributed by atoms with Crippen LogP contribution < -0.4 is 0 Å². The van der Waals surface area contributed by atoms with Gasteiger partial charge in [0.15, 0.2) is 0 Å². The quantitative estimate of drug-likeness (QED) is 0.599. The van der Waals surface area contributed by atoms with Crippen LogP contribution in [0.15, 0.2) is 23.2 Å². The number of rotatable bonds is 3. The van der Waals surface area contributed by atoms with E-state index in [0.29, 0.717) is 0 Å². The summed E-state index contributed by atoms with van der Waals surface area (Å²) in [6, 6.07) is 6.05. The molecule has 0 saturated carbocycles. The maximum absolute atomic E-state index is 4.37. The second-order valence-corrected chi connectivity index (χ2v) is 5.00. The first kappa shape index (κ1) is 9.29. The third-order valence-electron chi connectivity index (χ3n) is 1.27. The van der Waals surface area contributed by atoms with Gasteiger partial charge in [0.05, 0.1) is 0 Å². The van der Waals surface area contributed by atoms with E-state index in [1.165, 1.54) is 9.83 Å². The monoisotopic (exact) mass is 203 g/mol. The molecule has 0 amide bonds. The largest absolute Gasteiger partial charge is 0.246 e. The predicted octanol–water partition coefficient (Wildman–Crippen LogP) is 3.23. The topological polar surface area (TPSA) is 12.9 Å². The Labute approximate surface area is 79.6 Å². The standard InChI is InChI=1S/C7H9NS3/c1-2-6-4-3-5-7(8-6)10-11-9/h3-5,9H,2H2,1H3. The summed E-state index contributed by atoms with van der Waals surface area (Å²) in [7, 11) is 3.00. The first-order valence-corrected chi connectivity index (χ1v) is 6.51. The molecule has 1 nitrogen and oxygen atoms in total. The van der Waals surface area contributed by atoms with E-state index in [9.17, 15) is 0 Å². The average molecular weight is 203 g/mol. The molecular weight excluding hydrogens is 194 g/mol. The van der Waals surface area contributed by atoms with Crippen LogP contribution in [0.1, 0.15) is 12.6 Å². The van der Waals surface area contributed by atoms with Crippen molar-refractivity contribution >= 4 is 32.3 Å². The molecule has 4 heteroatoms. The summed E-state index contributed by atoms with van der Waals surface area (Å²) in [5.41, 5.74) is 1.14. The fourth-order valence-corrected chi connectivity index (χ4v) is 2.30. The Balaban J connectivity index is 2.74. The SMILES string of the molecule is CCc1cccc(SSS)n1. The third-order valence-corrected chi connectivity index (χ3v) is 3.15. The summed E-state index contributed by atoms with van der Waals surface area (Å²) < 4.78 is 0. The van der Waals surface area contributed by atoms with Gasteiger partial charge in [-0.15, -0.1) is 0 Å². The van der Waals surface area contributed by atoms with E-state index < -0.39 is 0 Å². The molecule has 0 unspecified atom stereocenters. The highest BCUT2D eigenvalue weighted by Crippen LogP contribution is 2.31. The summed E-state index contributed by atoms with van der Waals surface area (Å²) in [6.07, 6.45) is 0.992. The molecule has 1 aromatic heterocycles. The van der Waals surface area contributed by atoms with Gasteiger partial charge in [0, 0.05) is 5.69 Å². The lowest BCUT2D eigenvalue weighted by molar-refractivity contribution is 0.975. The molecule has 0 aliphatic heterocycles. The Bertz CT molecular complexity index is 227. The van der Waals surface area contributed by atoms with E-state index in [2.05, 4.69) is 23.6 Å². The molecule has 0 aliphatic rings. The number of hydrogen-bond acceptors (Lipinski definition) is 4. The zero-order valence-corrected chi connectivity index (χ0v) is 8.68. The second kappa shape index (κ2) is 4.95. The fraction of sp³-hybridized carbons (Fsp3) is 0.286. The smallest absolute Gasteiger partial charge is 0.108 e. The molecule has 0 aliphatic carbocycles. The van der Waals surface area contributed by atoms with Crippen molar-refractivity contribution in [3.05, 3.63) is 23.9 Å². The highest BCUT2D eigenvalue weighted by molar-refractivity contribution is 9.05. The van der Waals surface area contributed by atoms with Gasteiger partial charge in [0.1, 0.15) is 5.03 Å². The van der Waals surface area contributed by atoms with Crippen LogP contribution in [0.3, 0.4) is 0 Å². The Morgan fingerprint density at radius 3 is 3.00 bits per heavy atom.